The zero-order valence-electron chi connectivity index (χ0n) is 7.51. The molecule has 0 spiro atoms. The first-order valence-corrected chi connectivity index (χ1v) is 4.52. The van der Waals surface area contributed by atoms with E-state index in [0.717, 1.165) is 25.7 Å². The van der Waals surface area contributed by atoms with E-state index in [0.29, 0.717) is 13.2 Å². The molecular weight excluding hydrogens is 156 g/mol. The molecule has 0 aromatic rings. The number of carboxylic acid groups (broad SMARTS) is 1. The summed E-state index contributed by atoms with van der Waals surface area (Å²) in [6.07, 6.45) is 4.04. The lowest BCUT2D eigenvalue weighted by Gasteiger charge is -2.37. The van der Waals surface area contributed by atoms with E-state index >= 15 is 0 Å². The largest absolute Gasteiger partial charge is 0.481 e. The first-order chi connectivity index (χ1) is 5.71. The number of rotatable bonds is 5. The Kier molecular flexibility index (Phi) is 3.09. The number of unbranched alkanes of at least 4 members (excludes halogenated alkanes) is 2. The van der Waals surface area contributed by atoms with Crippen LogP contribution in [0.3, 0.4) is 0 Å². The molecule has 1 rings (SSSR count). The molecule has 0 aromatic carbocycles. The van der Waals surface area contributed by atoms with E-state index in [-0.39, 0.29) is 0 Å². The summed E-state index contributed by atoms with van der Waals surface area (Å²) >= 11 is 0. The van der Waals surface area contributed by atoms with E-state index in [1.165, 1.54) is 0 Å². The van der Waals surface area contributed by atoms with Crippen LogP contribution in [0.1, 0.15) is 32.6 Å². The van der Waals surface area contributed by atoms with E-state index in [9.17, 15) is 4.79 Å². The predicted molar refractivity (Wildman–Crippen MR) is 45.0 cm³/mol. The Labute approximate surface area is 72.7 Å². The van der Waals surface area contributed by atoms with Crippen LogP contribution in [0.4, 0.5) is 0 Å². The zero-order valence-corrected chi connectivity index (χ0v) is 7.51. The molecule has 0 atom stereocenters. The normalized spacial score (nSPS) is 20.1. The van der Waals surface area contributed by atoms with Crippen molar-refractivity contribution in [3.05, 3.63) is 0 Å². The summed E-state index contributed by atoms with van der Waals surface area (Å²) in [6.45, 7) is 2.93. The second-order valence-corrected chi connectivity index (χ2v) is 3.54. The molecule has 1 N–H and O–H groups in total. The second kappa shape index (κ2) is 3.90. The van der Waals surface area contributed by atoms with Crippen molar-refractivity contribution in [1.82, 2.24) is 0 Å². The molecule has 0 aliphatic carbocycles. The molecule has 1 saturated heterocycles. The highest BCUT2D eigenvalue weighted by Crippen LogP contribution is 2.33. The van der Waals surface area contributed by atoms with Gasteiger partial charge in [0.1, 0.15) is 5.41 Å². The maximum atomic E-state index is 10.8. The van der Waals surface area contributed by atoms with Crippen molar-refractivity contribution in [3.8, 4) is 0 Å². The van der Waals surface area contributed by atoms with Crippen molar-refractivity contribution in [3.63, 3.8) is 0 Å². The van der Waals surface area contributed by atoms with Gasteiger partial charge in [-0.3, -0.25) is 4.79 Å². The van der Waals surface area contributed by atoms with Crippen LogP contribution in [-0.2, 0) is 9.53 Å². The molecule has 1 aliphatic rings. The fourth-order valence-corrected chi connectivity index (χ4v) is 1.44. The highest BCUT2D eigenvalue weighted by atomic mass is 16.5. The molecule has 70 valence electrons. The minimum absolute atomic E-state index is 0.409. The molecule has 3 heteroatoms. The Morgan fingerprint density at radius 2 is 2.17 bits per heavy atom. The van der Waals surface area contributed by atoms with Crippen molar-refractivity contribution in [1.29, 1.82) is 0 Å². The van der Waals surface area contributed by atoms with Gasteiger partial charge < -0.3 is 9.84 Å². The van der Waals surface area contributed by atoms with Crippen molar-refractivity contribution in [2.24, 2.45) is 5.41 Å². The summed E-state index contributed by atoms with van der Waals surface area (Å²) in [4.78, 5) is 10.8. The number of aliphatic carboxylic acids is 1. The highest BCUT2D eigenvalue weighted by molar-refractivity contribution is 5.75. The third-order valence-electron chi connectivity index (χ3n) is 2.47. The van der Waals surface area contributed by atoms with Gasteiger partial charge in [-0.05, 0) is 6.42 Å². The number of carbonyl (C=O) groups is 1. The predicted octanol–water partition coefficient (Wildman–Crippen LogP) is 1.67. The van der Waals surface area contributed by atoms with Crippen LogP contribution in [0, 0.1) is 5.41 Å². The monoisotopic (exact) mass is 172 g/mol. The molecule has 0 unspecified atom stereocenters. The Hall–Kier alpha value is -0.570. The molecule has 3 nitrogen and oxygen atoms in total. The van der Waals surface area contributed by atoms with Gasteiger partial charge in [0, 0.05) is 0 Å². The van der Waals surface area contributed by atoms with Gasteiger partial charge in [0.25, 0.3) is 0 Å². The zero-order chi connectivity index (χ0) is 9.03. The van der Waals surface area contributed by atoms with Crippen LogP contribution < -0.4 is 0 Å². The molecule has 1 fully saturated rings. The van der Waals surface area contributed by atoms with Gasteiger partial charge in [0.2, 0.25) is 0 Å². The van der Waals surface area contributed by atoms with Gasteiger partial charge in [-0.15, -0.1) is 0 Å². The summed E-state index contributed by atoms with van der Waals surface area (Å²) < 4.78 is 4.95. The number of hydrogen-bond donors (Lipinski definition) is 1. The Bertz CT molecular complexity index is 161. The van der Waals surface area contributed by atoms with E-state index in [1.807, 2.05) is 0 Å². The Morgan fingerprint density at radius 3 is 2.50 bits per heavy atom. The van der Waals surface area contributed by atoms with Crippen LogP contribution in [0.15, 0.2) is 0 Å². The highest BCUT2D eigenvalue weighted by Gasteiger charge is 2.45. The molecule has 1 aliphatic heterocycles. The van der Waals surface area contributed by atoms with Crippen molar-refractivity contribution < 1.29 is 14.6 Å². The van der Waals surface area contributed by atoms with E-state index in [2.05, 4.69) is 6.92 Å². The minimum atomic E-state index is -0.690. The van der Waals surface area contributed by atoms with Gasteiger partial charge in [-0.2, -0.15) is 0 Å². The lowest BCUT2D eigenvalue weighted by molar-refractivity contribution is -0.181. The molecule has 0 bridgehead atoms. The van der Waals surface area contributed by atoms with Crippen molar-refractivity contribution >= 4 is 5.97 Å². The summed E-state index contributed by atoms with van der Waals surface area (Å²) in [5, 5.41) is 8.90. The lowest BCUT2D eigenvalue weighted by Crippen LogP contribution is -2.48. The summed E-state index contributed by atoms with van der Waals surface area (Å²) in [7, 11) is 0. The number of ether oxygens (including phenoxy) is 1. The average molecular weight is 172 g/mol. The van der Waals surface area contributed by atoms with Gasteiger partial charge in [-0.1, -0.05) is 26.2 Å². The van der Waals surface area contributed by atoms with Crippen LogP contribution >= 0.6 is 0 Å². The topological polar surface area (TPSA) is 46.5 Å². The summed E-state index contributed by atoms with van der Waals surface area (Å²) in [6, 6.07) is 0. The van der Waals surface area contributed by atoms with E-state index in [1.54, 1.807) is 0 Å². The van der Waals surface area contributed by atoms with Crippen LogP contribution in [0.25, 0.3) is 0 Å². The Morgan fingerprint density at radius 1 is 1.50 bits per heavy atom. The van der Waals surface area contributed by atoms with Crippen LogP contribution in [-0.4, -0.2) is 24.3 Å². The summed E-state index contributed by atoms with van der Waals surface area (Å²) in [5.41, 5.74) is -0.533. The lowest BCUT2D eigenvalue weighted by atomic mass is 9.81. The molecule has 0 aromatic heterocycles. The first kappa shape index (κ1) is 9.52. The van der Waals surface area contributed by atoms with E-state index in [4.69, 9.17) is 9.84 Å². The maximum Gasteiger partial charge on any atom is 0.314 e. The van der Waals surface area contributed by atoms with Crippen molar-refractivity contribution in [2.75, 3.05) is 13.2 Å². The molecule has 0 saturated carbocycles. The minimum Gasteiger partial charge on any atom is -0.481 e. The third-order valence-corrected chi connectivity index (χ3v) is 2.47. The molecular formula is C9H16O3. The van der Waals surface area contributed by atoms with Crippen molar-refractivity contribution in [2.45, 2.75) is 32.6 Å². The first-order valence-electron chi connectivity index (χ1n) is 4.52. The second-order valence-electron chi connectivity index (χ2n) is 3.54. The Balaban J connectivity index is 2.30. The van der Waals surface area contributed by atoms with Gasteiger partial charge in [0.15, 0.2) is 0 Å². The number of hydrogen-bond acceptors (Lipinski definition) is 2. The smallest absolute Gasteiger partial charge is 0.314 e. The fraction of sp³-hybridized carbons (Fsp3) is 0.889. The maximum absolute atomic E-state index is 10.8. The van der Waals surface area contributed by atoms with Crippen LogP contribution in [0.2, 0.25) is 0 Å². The standard InChI is InChI=1S/C9H16O3/c1-2-3-4-5-9(8(10)11)6-12-7-9/h2-7H2,1H3,(H,10,11). The van der Waals surface area contributed by atoms with Crippen LogP contribution in [0.5, 0.6) is 0 Å². The molecule has 12 heavy (non-hydrogen) atoms. The van der Waals surface area contributed by atoms with Gasteiger partial charge in [0.05, 0.1) is 13.2 Å². The fourth-order valence-electron chi connectivity index (χ4n) is 1.44. The van der Waals surface area contributed by atoms with Gasteiger partial charge in [-0.25, -0.2) is 0 Å². The number of carboxylic acids is 1. The molecule has 0 radical (unpaired) electrons. The SMILES string of the molecule is CCCCCC1(C(=O)O)COC1. The molecule has 1 heterocycles. The summed E-state index contributed by atoms with van der Waals surface area (Å²) in [5.74, 6) is -0.690. The van der Waals surface area contributed by atoms with E-state index < -0.39 is 11.4 Å². The quantitative estimate of drug-likeness (QED) is 0.641. The third kappa shape index (κ3) is 1.78. The van der Waals surface area contributed by atoms with Gasteiger partial charge >= 0.3 is 5.97 Å². The molecule has 0 amide bonds. The average Bonchev–Trinajstić information content (AvgIpc) is 1.94.